The van der Waals surface area contributed by atoms with Gasteiger partial charge in [0.15, 0.2) is 0 Å². The molecule has 4 heteroatoms. The van der Waals surface area contributed by atoms with Crippen molar-refractivity contribution in [2.75, 3.05) is 24.2 Å². The molecule has 0 bridgehead atoms. The highest BCUT2D eigenvalue weighted by atomic mass is 16.5. The summed E-state index contributed by atoms with van der Waals surface area (Å²) in [7, 11) is 0. The second-order valence-corrected chi connectivity index (χ2v) is 3.92. The number of benzene rings is 1. The molecule has 0 spiro atoms. The average molecular weight is 243 g/mol. The number of aromatic nitrogens is 1. The minimum atomic E-state index is 0.680. The fourth-order valence-electron chi connectivity index (χ4n) is 1.54. The minimum Gasteiger partial charge on any atom is -0.494 e. The van der Waals surface area contributed by atoms with E-state index >= 15 is 0 Å². The van der Waals surface area contributed by atoms with Crippen LogP contribution in [0.15, 0.2) is 48.7 Å². The number of pyridine rings is 1. The number of para-hydroxylation sites is 1. The molecule has 0 amide bonds. The van der Waals surface area contributed by atoms with Crippen LogP contribution in [0, 0.1) is 0 Å². The van der Waals surface area contributed by atoms with Crippen molar-refractivity contribution in [2.45, 2.75) is 6.42 Å². The van der Waals surface area contributed by atoms with Crippen molar-refractivity contribution < 1.29 is 4.74 Å². The van der Waals surface area contributed by atoms with Crippen LogP contribution in [0.5, 0.6) is 5.75 Å². The van der Waals surface area contributed by atoms with Gasteiger partial charge in [-0.05, 0) is 24.6 Å². The van der Waals surface area contributed by atoms with Crippen LogP contribution in [0.4, 0.5) is 11.5 Å². The summed E-state index contributed by atoms with van der Waals surface area (Å²) in [5, 5.41) is 3.20. The normalized spacial score (nSPS) is 10.0. The quantitative estimate of drug-likeness (QED) is 0.765. The van der Waals surface area contributed by atoms with Crippen LogP contribution in [0.25, 0.3) is 0 Å². The highest BCUT2D eigenvalue weighted by molar-refractivity contribution is 5.48. The average Bonchev–Trinajstić information content (AvgIpc) is 2.40. The van der Waals surface area contributed by atoms with Gasteiger partial charge in [0.1, 0.15) is 11.6 Å². The molecule has 1 aromatic heterocycles. The van der Waals surface area contributed by atoms with Gasteiger partial charge in [-0.3, -0.25) is 0 Å². The molecule has 94 valence electrons. The molecule has 3 N–H and O–H groups in total. The summed E-state index contributed by atoms with van der Waals surface area (Å²) in [5.41, 5.74) is 6.38. The Kier molecular flexibility index (Phi) is 4.41. The number of ether oxygens (including phenoxy) is 1. The summed E-state index contributed by atoms with van der Waals surface area (Å²) in [5.74, 6) is 1.70. The summed E-state index contributed by atoms with van der Waals surface area (Å²) in [6.07, 6.45) is 2.60. The van der Waals surface area contributed by atoms with Crippen LogP contribution < -0.4 is 15.8 Å². The molecule has 18 heavy (non-hydrogen) atoms. The molecule has 2 rings (SSSR count). The lowest BCUT2D eigenvalue weighted by Crippen LogP contribution is -2.08. The van der Waals surface area contributed by atoms with Gasteiger partial charge < -0.3 is 15.8 Å². The van der Waals surface area contributed by atoms with E-state index in [0.29, 0.717) is 12.3 Å². The second-order valence-electron chi connectivity index (χ2n) is 3.92. The first kappa shape index (κ1) is 12.2. The molecule has 1 heterocycles. The molecule has 0 aliphatic carbocycles. The number of hydrogen-bond acceptors (Lipinski definition) is 4. The van der Waals surface area contributed by atoms with Crippen LogP contribution in [0.1, 0.15) is 6.42 Å². The first-order chi connectivity index (χ1) is 8.84. The van der Waals surface area contributed by atoms with Gasteiger partial charge in [0.2, 0.25) is 0 Å². The van der Waals surface area contributed by atoms with Crippen molar-refractivity contribution in [2.24, 2.45) is 0 Å². The third-order valence-electron chi connectivity index (χ3n) is 2.42. The zero-order chi connectivity index (χ0) is 12.6. The molecule has 0 aliphatic heterocycles. The van der Waals surface area contributed by atoms with Crippen molar-refractivity contribution in [1.82, 2.24) is 4.98 Å². The highest BCUT2D eigenvalue weighted by Crippen LogP contribution is 2.09. The van der Waals surface area contributed by atoms with Crippen LogP contribution in [0.2, 0.25) is 0 Å². The van der Waals surface area contributed by atoms with Gasteiger partial charge in [-0.15, -0.1) is 0 Å². The maximum Gasteiger partial charge on any atom is 0.127 e. The Morgan fingerprint density at radius 2 is 2.00 bits per heavy atom. The van der Waals surface area contributed by atoms with Crippen molar-refractivity contribution >= 4 is 11.5 Å². The summed E-state index contributed by atoms with van der Waals surface area (Å²) in [6, 6.07) is 13.4. The van der Waals surface area contributed by atoms with Crippen molar-refractivity contribution in [1.29, 1.82) is 0 Å². The number of nitrogens with zero attached hydrogens (tertiary/aromatic N) is 1. The van der Waals surface area contributed by atoms with Crippen molar-refractivity contribution in [3.05, 3.63) is 48.7 Å². The fourth-order valence-corrected chi connectivity index (χ4v) is 1.54. The van der Waals surface area contributed by atoms with Gasteiger partial charge in [0, 0.05) is 24.5 Å². The van der Waals surface area contributed by atoms with Crippen LogP contribution >= 0.6 is 0 Å². The Bertz CT molecular complexity index is 473. The lowest BCUT2D eigenvalue weighted by Gasteiger charge is -2.07. The monoisotopic (exact) mass is 243 g/mol. The van der Waals surface area contributed by atoms with Gasteiger partial charge >= 0.3 is 0 Å². The lowest BCUT2D eigenvalue weighted by atomic mass is 10.3. The zero-order valence-electron chi connectivity index (χ0n) is 10.2. The minimum absolute atomic E-state index is 0.680. The number of nitrogen functional groups attached to an aromatic ring is 1. The van der Waals surface area contributed by atoms with E-state index in [2.05, 4.69) is 10.3 Å². The number of rotatable bonds is 6. The number of anilines is 2. The lowest BCUT2D eigenvalue weighted by molar-refractivity contribution is 0.315. The first-order valence-electron chi connectivity index (χ1n) is 5.98. The van der Waals surface area contributed by atoms with Crippen LogP contribution in [0.3, 0.4) is 0 Å². The van der Waals surface area contributed by atoms with Crippen molar-refractivity contribution in [3.8, 4) is 5.75 Å². The third-order valence-corrected chi connectivity index (χ3v) is 2.42. The molecule has 0 radical (unpaired) electrons. The first-order valence-corrected chi connectivity index (χ1v) is 5.98. The molecule has 1 aromatic carbocycles. The molecule has 0 saturated heterocycles. The molecule has 0 saturated carbocycles. The van der Waals surface area contributed by atoms with E-state index in [0.717, 1.165) is 24.5 Å². The molecule has 0 aliphatic rings. The van der Waals surface area contributed by atoms with Gasteiger partial charge in [0.05, 0.1) is 6.61 Å². The Hall–Kier alpha value is -2.23. The summed E-state index contributed by atoms with van der Waals surface area (Å²) in [4.78, 5) is 4.16. The number of nitrogens with one attached hydrogen (secondary N) is 1. The number of hydrogen-bond donors (Lipinski definition) is 2. The standard InChI is InChI=1S/C14H17N3O/c15-12-7-9-17-14(11-12)16-8-4-10-18-13-5-2-1-3-6-13/h1-3,5-7,9,11H,4,8,10H2,(H3,15,16,17). The van der Waals surface area contributed by atoms with Gasteiger partial charge in [-0.1, -0.05) is 18.2 Å². The van der Waals surface area contributed by atoms with Gasteiger partial charge in [-0.2, -0.15) is 0 Å². The largest absolute Gasteiger partial charge is 0.494 e. The predicted molar refractivity (Wildman–Crippen MR) is 73.7 cm³/mol. The zero-order valence-corrected chi connectivity index (χ0v) is 10.2. The second kappa shape index (κ2) is 6.49. The van der Waals surface area contributed by atoms with Gasteiger partial charge in [0.25, 0.3) is 0 Å². The van der Waals surface area contributed by atoms with E-state index in [1.54, 1.807) is 12.3 Å². The Morgan fingerprint density at radius 3 is 2.78 bits per heavy atom. The molecular formula is C14H17N3O. The molecule has 0 atom stereocenters. The Labute approximate surface area is 107 Å². The SMILES string of the molecule is Nc1ccnc(NCCCOc2ccccc2)c1. The van der Waals surface area contributed by atoms with E-state index in [-0.39, 0.29) is 0 Å². The van der Waals surface area contributed by atoms with E-state index in [4.69, 9.17) is 10.5 Å². The maximum absolute atomic E-state index is 5.66. The Balaban J connectivity index is 1.65. The third kappa shape index (κ3) is 3.97. The van der Waals surface area contributed by atoms with E-state index in [9.17, 15) is 0 Å². The molecule has 0 fully saturated rings. The van der Waals surface area contributed by atoms with E-state index in [1.807, 2.05) is 36.4 Å². The van der Waals surface area contributed by atoms with Crippen LogP contribution in [-0.4, -0.2) is 18.1 Å². The smallest absolute Gasteiger partial charge is 0.127 e. The van der Waals surface area contributed by atoms with Crippen LogP contribution in [-0.2, 0) is 0 Å². The summed E-state index contributed by atoms with van der Waals surface area (Å²) >= 11 is 0. The number of nitrogens with two attached hydrogens (primary N) is 1. The predicted octanol–water partition coefficient (Wildman–Crippen LogP) is 2.54. The van der Waals surface area contributed by atoms with E-state index < -0.39 is 0 Å². The van der Waals surface area contributed by atoms with Crippen molar-refractivity contribution in [3.63, 3.8) is 0 Å². The maximum atomic E-state index is 5.66. The fraction of sp³-hybridized carbons (Fsp3) is 0.214. The van der Waals surface area contributed by atoms with Gasteiger partial charge in [-0.25, -0.2) is 4.98 Å². The molecule has 4 nitrogen and oxygen atoms in total. The topological polar surface area (TPSA) is 60.2 Å². The molecule has 2 aromatic rings. The summed E-state index contributed by atoms with van der Waals surface area (Å²) in [6.45, 7) is 1.49. The Morgan fingerprint density at radius 1 is 1.17 bits per heavy atom. The molecule has 0 unspecified atom stereocenters. The summed E-state index contributed by atoms with van der Waals surface area (Å²) < 4.78 is 5.58. The molecular weight excluding hydrogens is 226 g/mol. The van der Waals surface area contributed by atoms with E-state index in [1.165, 1.54) is 0 Å². The highest BCUT2D eigenvalue weighted by Gasteiger charge is 1.95.